The molecule has 1 aromatic carbocycles. The van der Waals surface area contributed by atoms with Crippen LogP contribution in [0.5, 0.6) is 5.75 Å². The van der Waals surface area contributed by atoms with Gasteiger partial charge < -0.3 is 4.74 Å². The topological polar surface area (TPSA) is 35.2 Å². The highest BCUT2D eigenvalue weighted by molar-refractivity contribution is 8.16. The first kappa shape index (κ1) is 19.0. The predicted molar refractivity (Wildman–Crippen MR) is 115 cm³/mol. The highest BCUT2D eigenvalue weighted by Gasteiger charge is 2.57. The average Bonchev–Trinajstić information content (AvgIpc) is 3.06. The maximum Gasteiger partial charge on any atom is 0.206 e. The Balaban J connectivity index is 1.84. The standard InChI is InChI=1S/C21H33N2OS2/c1-2-24-19-15-9-14-18-20(19)25-21(26-22)23(18,16-10-5-3-6-11-16)17-12-7-4-8-13-17/h9,14-17,21H,2-8,10-13,22H2,1H3/q+1. The Labute approximate surface area is 167 Å². The average molecular weight is 394 g/mol. The third-order valence-electron chi connectivity index (χ3n) is 6.72. The van der Waals surface area contributed by atoms with Gasteiger partial charge in [-0.25, -0.2) is 0 Å². The minimum Gasteiger partial charge on any atom is -0.492 e. The Bertz CT molecular complexity index is 594. The summed E-state index contributed by atoms with van der Waals surface area (Å²) in [4.78, 5) is 1.37. The van der Waals surface area contributed by atoms with Crippen LogP contribution in [0, 0.1) is 0 Å². The first-order valence-electron chi connectivity index (χ1n) is 10.5. The van der Waals surface area contributed by atoms with E-state index in [1.807, 2.05) is 11.8 Å². The van der Waals surface area contributed by atoms with Crippen molar-refractivity contribution in [1.29, 1.82) is 0 Å². The molecule has 2 aliphatic carbocycles. The first-order chi connectivity index (χ1) is 12.8. The van der Waals surface area contributed by atoms with Gasteiger partial charge >= 0.3 is 0 Å². The molecule has 0 amide bonds. The van der Waals surface area contributed by atoms with E-state index >= 15 is 0 Å². The highest BCUT2D eigenvalue weighted by atomic mass is 32.2. The van der Waals surface area contributed by atoms with Crippen LogP contribution in [0.25, 0.3) is 0 Å². The van der Waals surface area contributed by atoms with Gasteiger partial charge in [0, 0.05) is 6.07 Å². The van der Waals surface area contributed by atoms with Crippen LogP contribution in [0.4, 0.5) is 5.69 Å². The van der Waals surface area contributed by atoms with Crippen molar-refractivity contribution in [2.45, 2.75) is 92.8 Å². The molecule has 0 bridgehead atoms. The maximum absolute atomic E-state index is 6.37. The van der Waals surface area contributed by atoms with E-state index < -0.39 is 0 Å². The number of ether oxygens (including phenoxy) is 1. The van der Waals surface area contributed by atoms with Crippen LogP contribution in [-0.2, 0) is 0 Å². The van der Waals surface area contributed by atoms with Gasteiger partial charge in [0.05, 0.1) is 18.7 Å². The number of rotatable bonds is 5. The van der Waals surface area contributed by atoms with Crippen molar-refractivity contribution in [2.24, 2.45) is 5.14 Å². The molecule has 4 rings (SSSR count). The minimum atomic E-state index is 0.373. The second kappa shape index (κ2) is 8.34. The Hall–Kier alpha value is -0.360. The van der Waals surface area contributed by atoms with Gasteiger partial charge in [0.2, 0.25) is 4.71 Å². The molecule has 1 aromatic rings. The van der Waals surface area contributed by atoms with E-state index in [4.69, 9.17) is 9.88 Å². The van der Waals surface area contributed by atoms with Gasteiger partial charge in [-0.15, -0.1) is 0 Å². The molecule has 0 radical (unpaired) electrons. The van der Waals surface area contributed by atoms with Gasteiger partial charge in [0.1, 0.15) is 10.6 Å². The zero-order valence-electron chi connectivity index (χ0n) is 16.0. The number of hydrogen-bond donors (Lipinski definition) is 1. The predicted octanol–water partition coefficient (Wildman–Crippen LogP) is 6.05. The number of fused-ring (bicyclic) bond motifs is 1. The van der Waals surface area contributed by atoms with Crippen LogP contribution in [0.15, 0.2) is 23.1 Å². The molecule has 5 heteroatoms. The number of quaternary nitrogens is 1. The van der Waals surface area contributed by atoms with Gasteiger partial charge in [0.15, 0.2) is 5.69 Å². The zero-order valence-corrected chi connectivity index (χ0v) is 17.6. The van der Waals surface area contributed by atoms with Crippen LogP contribution >= 0.6 is 23.7 Å². The third kappa shape index (κ3) is 3.09. The quantitative estimate of drug-likeness (QED) is 0.487. The Morgan fingerprint density at radius 1 is 1.04 bits per heavy atom. The van der Waals surface area contributed by atoms with Crippen molar-refractivity contribution in [3.8, 4) is 5.75 Å². The Kier molecular flexibility index (Phi) is 6.09. The largest absolute Gasteiger partial charge is 0.492 e. The SMILES string of the molecule is CCOc1cccc2c1SC(SN)[N+]2(C1CCCCC1)C1CCCCC1. The molecule has 0 saturated heterocycles. The van der Waals surface area contributed by atoms with Crippen LogP contribution < -0.4 is 14.4 Å². The van der Waals surface area contributed by atoms with Crippen molar-refractivity contribution in [1.82, 2.24) is 4.48 Å². The van der Waals surface area contributed by atoms with Crippen LogP contribution in [-0.4, -0.2) is 23.4 Å². The molecule has 1 unspecified atom stereocenters. The lowest BCUT2D eigenvalue weighted by Gasteiger charge is -2.52. The van der Waals surface area contributed by atoms with Gasteiger partial charge in [-0.3, -0.25) is 9.62 Å². The summed E-state index contributed by atoms with van der Waals surface area (Å²) in [6.45, 7) is 2.81. The zero-order chi connectivity index (χ0) is 18.0. The normalized spacial score (nSPS) is 26.6. The van der Waals surface area contributed by atoms with Crippen LogP contribution in [0.2, 0.25) is 0 Å². The van der Waals surface area contributed by atoms with E-state index in [2.05, 4.69) is 25.1 Å². The monoisotopic (exact) mass is 393 g/mol. The smallest absolute Gasteiger partial charge is 0.206 e. The third-order valence-corrected chi connectivity index (χ3v) is 9.12. The molecule has 2 fully saturated rings. The Morgan fingerprint density at radius 2 is 1.65 bits per heavy atom. The molecule has 2 saturated carbocycles. The minimum absolute atomic E-state index is 0.373. The summed E-state index contributed by atoms with van der Waals surface area (Å²) < 4.78 is 7.53. The molecule has 3 aliphatic rings. The summed E-state index contributed by atoms with van der Waals surface area (Å²) in [7, 11) is 0. The fraction of sp³-hybridized carbons (Fsp3) is 0.714. The lowest BCUT2D eigenvalue weighted by Crippen LogP contribution is -2.66. The van der Waals surface area contributed by atoms with Crippen molar-refractivity contribution < 1.29 is 4.74 Å². The van der Waals surface area contributed by atoms with Gasteiger partial charge in [-0.05, 0) is 88.1 Å². The lowest BCUT2D eigenvalue weighted by atomic mass is 9.85. The summed E-state index contributed by atoms with van der Waals surface area (Å²) >= 11 is 3.57. The van der Waals surface area contributed by atoms with Crippen molar-refractivity contribution >= 4 is 29.4 Å². The molecule has 2 N–H and O–H groups in total. The van der Waals surface area contributed by atoms with E-state index in [1.165, 1.54) is 74.8 Å². The highest BCUT2D eigenvalue weighted by Crippen LogP contribution is 2.60. The summed E-state index contributed by atoms with van der Waals surface area (Å²) in [5.74, 6) is 1.07. The molecular weight excluding hydrogens is 360 g/mol. The second-order valence-corrected chi connectivity index (χ2v) is 10.1. The first-order valence-corrected chi connectivity index (χ1v) is 12.3. The summed E-state index contributed by atoms with van der Waals surface area (Å²) in [6, 6.07) is 8.20. The molecule has 144 valence electrons. The van der Waals surface area contributed by atoms with Gasteiger partial charge in [-0.2, -0.15) is 0 Å². The number of hydrogen-bond acceptors (Lipinski definition) is 4. The molecule has 0 aromatic heterocycles. The van der Waals surface area contributed by atoms with E-state index in [9.17, 15) is 0 Å². The summed E-state index contributed by atoms with van der Waals surface area (Å²) in [6.07, 6.45) is 13.7. The molecule has 1 heterocycles. The number of benzene rings is 1. The molecule has 0 spiro atoms. The number of thioether (sulfide) groups is 1. The van der Waals surface area contributed by atoms with Crippen molar-refractivity contribution in [3.05, 3.63) is 18.2 Å². The maximum atomic E-state index is 6.37. The lowest BCUT2D eigenvalue weighted by molar-refractivity contribution is 0.0995. The van der Waals surface area contributed by atoms with E-state index in [-0.39, 0.29) is 0 Å². The molecular formula is C21H33N2OS2+. The van der Waals surface area contributed by atoms with E-state index in [1.54, 1.807) is 11.9 Å². The molecule has 1 atom stereocenters. The van der Waals surface area contributed by atoms with Crippen molar-refractivity contribution in [2.75, 3.05) is 6.61 Å². The fourth-order valence-corrected chi connectivity index (χ4v) is 8.27. The summed E-state index contributed by atoms with van der Waals surface area (Å²) in [5.41, 5.74) is 1.52. The number of nitrogens with two attached hydrogens (primary N) is 1. The molecule has 3 nitrogen and oxygen atoms in total. The summed E-state index contributed by atoms with van der Waals surface area (Å²) in [5, 5.41) is 6.37. The second-order valence-electron chi connectivity index (χ2n) is 8.02. The van der Waals surface area contributed by atoms with Crippen LogP contribution in [0.1, 0.15) is 71.1 Å². The van der Waals surface area contributed by atoms with Crippen molar-refractivity contribution in [3.63, 3.8) is 0 Å². The van der Waals surface area contributed by atoms with Gasteiger partial charge in [-0.1, -0.05) is 18.9 Å². The molecule has 1 aliphatic heterocycles. The number of nitrogens with zero attached hydrogens (tertiary/aromatic N) is 1. The van der Waals surface area contributed by atoms with E-state index in [0.717, 1.165) is 28.9 Å². The van der Waals surface area contributed by atoms with E-state index in [0.29, 0.717) is 4.71 Å². The van der Waals surface area contributed by atoms with Gasteiger partial charge in [0.25, 0.3) is 0 Å². The Morgan fingerprint density at radius 3 is 2.19 bits per heavy atom. The fourth-order valence-electron chi connectivity index (χ4n) is 5.68. The molecule has 26 heavy (non-hydrogen) atoms. The van der Waals surface area contributed by atoms with Crippen LogP contribution in [0.3, 0.4) is 0 Å².